The summed E-state index contributed by atoms with van der Waals surface area (Å²) < 4.78 is 0. The summed E-state index contributed by atoms with van der Waals surface area (Å²) in [4.78, 5) is 11.0. The number of fused-ring (bicyclic) bond motifs is 1. The Morgan fingerprint density at radius 1 is 1.00 bits per heavy atom. The van der Waals surface area contributed by atoms with Gasteiger partial charge in [0.1, 0.15) is 5.78 Å². The van der Waals surface area contributed by atoms with Crippen molar-refractivity contribution in [3.05, 3.63) is 35.4 Å². The Hall–Kier alpha value is -1.11. The number of Topliss-reactive ketones (excluding diaryl/α,β-unsaturated/α-hetero) is 1. The molecule has 13 heavy (non-hydrogen) atoms. The highest BCUT2D eigenvalue weighted by atomic mass is 16.1. The van der Waals surface area contributed by atoms with Gasteiger partial charge >= 0.3 is 0 Å². The van der Waals surface area contributed by atoms with Crippen LogP contribution in [0.15, 0.2) is 24.3 Å². The Kier molecular flexibility index (Phi) is 3.69. The predicted octanol–water partition coefficient (Wildman–Crippen LogP) is 2.77. The maximum atomic E-state index is 11.0. The van der Waals surface area contributed by atoms with Crippen LogP contribution in [0, 0.1) is 0 Å². The van der Waals surface area contributed by atoms with Crippen molar-refractivity contribution in [2.24, 2.45) is 0 Å². The van der Waals surface area contributed by atoms with Crippen LogP contribution in [-0.4, -0.2) is 5.78 Å². The maximum Gasteiger partial charge on any atom is 0.137 e. The Morgan fingerprint density at radius 2 is 1.62 bits per heavy atom. The van der Waals surface area contributed by atoms with Gasteiger partial charge < -0.3 is 0 Å². The van der Waals surface area contributed by atoms with Gasteiger partial charge in [0.2, 0.25) is 0 Å². The molecule has 1 aromatic carbocycles. The summed E-state index contributed by atoms with van der Waals surface area (Å²) in [5.41, 5.74) is 2.58. The van der Waals surface area contributed by atoms with Crippen LogP contribution < -0.4 is 0 Å². The molecule has 1 aliphatic rings. The van der Waals surface area contributed by atoms with E-state index in [9.17, 15) is 4.79 Å². The normalized spacial score (nSPS) is 14.2. The summed E-state index contributed by atoms with van der Waals surface area (Å²) in [5.74, 6) is 0.378. The molecule has 0 saturated carbocycles. The van der Waals surface area contributed by atoms with Gasteiger partial charge in [-0.15, -0.1) is 0 Å². The van der Waals surface area contributed by atoms with Gasteiger partial charge in [0.05, 0.1) is 0 Å². The lowest BCUT2D eigenvalue weighted by Gasteiger charge is -2.13. The van der Waals surface area contributed by atoms with Gasteiger partial charge in [-0.05, 0) is 17.5 Å². The zero-order valence-electron chi connectivity index (χ0n) is 8.34. The lowest BCUT2D eigenvalue weighted by atomic mass is 9.91. The van der Waals surface area contributed by atoms with Crippen molar-refractivity contribution in [2.45, 2.75) is 33.1 Å². The third-order valence-corrected chi connectivity index (χ3v) is 2.18. The molecule has 0 unspecified atom stereocenters. The zero-order chi connectivity index (χ0) is 9.68. The molecule has 0 heterocycles. The van der Waals surface area contributed by atoms with E-state index in [1.165, 1.54) is 11.1 Å². The van der Waals surface area contributed by atoms with E-state index in [-0.39, 0.29) is 0 Å². The monoisotopic (exact) mass is 176 g/mol. The van der Waals surface area contributed by atoms with Crippen LogP contribution in [0.4, 0.5) is 0 Å². The van der Waals surface area contributed by atoms with Gasteiger partial charge in [0.15, 0.2) is 0 Å². The fraction of sp³-hybridized carbons (Fsp3) is 0.417. The van der Waals surface area contributed by atoms with Crippen LogP contribution in [-0.2, 0) is 17.6 Å². The third-order valence-electron chi connectivity index (χ3n) is 2.18. The summed E-state index contributed by atoms with van der Waals surface area (Å²) in [6.07, 6.45) is 2.32. The number of hydrogen-bond donors (Lipinski definition) is 0. The van der Waals surface area contributed by atoms with Crippen LogP contribution in [0.1, 0.15) is 31.4 Å². The van der Waals surface area contributed by atoms with E-state index >= 15 is 0 Å². The van der Waals surface area contributed by atoms with Gasteiger partial charge in [-0.25, -0.2) is 0 Å². The lowest BCUT2D eigenvalue weighted by molar-refractivity contribution is -0.118. The summed E-state index contributed by atoms with van der Waals surface area (Å²) in [6.45, 7) is 4.00. The van der Waals surface area contributed by atoms with Crippen LogP contribution in [0.5, 0.6) is 0 Å². The highest BCUT2D eigenvalue weighted by Gasteiger charge is 2.13. The van der Waals surface area contributed by atoms with Crippen molar-refractivity contribution in [3.63, 3.8) is 0 Å². The highest BCUT2D eigenvalue weighted by molar-refractivity contribution is 5.83. The first-order chi connectivity index (χ1) is 6.36. The summed E-state index contributed by atoms with van der Waals surface area (Å²) in [7, 11) is 0. The molecule has 0 fully saturated rings. The molecule has 0 saturated heterocycles. The number of carbonyl (C=O) groups excluding carboxylic acids is 1. The first-order valence-corrected chi connectivity index (χ1v) is 4.95. The molecule has 70 valence electrons. The minimum Gasteiger partial charge on any atom is -0.299 e. The smallest absolute Gasteiger partial charge is 0.137 e. The molecule has 0 aromatic heterocycles. The number of hydrogen-bond acceptors (Lipinski definition) is 1. The van der Waals surface area contributed by atoms with Crippen molar-refractivity contribution >= 4 is 5.78 Å². The largest absolute Gasteiger partial charge is 0.299 e. The molecule has 2 rings (SSSR count). The summed E-state index contributed by atoms with van der Waals surface area (Å²) in [6, 6.07) is 8.19. The number of aryl methyl sites for hydroxylation is 1. The van der Waals surface area contributed by atoms with Crippen molar-refractivity contribution in [1.29, 1.82) is 0 Å². The van der Waals surface area contributed by atoms with E-state index in [0.29, 0.717) is 12.2 Å². The second-order valence-electron chi connectivity index (χ2n) is 2.98. The van der Waals surface area contributed by atoms with Crippen molar-refractivity contribution < 1.29 is 4.79 Å². The second kappa shape index (κ2) is 4.80. The molecule has 0 atom stereocenters. The fourth-order valence-electron chi connectivity index (χ4n) is 1.55. The molecule has 0 spiro atoms. The number of rotatable bonds is 0. The van der Waals surface area contributed by atoms with Gasteiger partial charge in [-0.3, -0.25) is 4.79 Å². The second-order valence-corrected chi connectivity index (χ2v) is 2.98. The van der Waals surface area contributed by atoms with Crippen LogP contribution in [0.2, 0.25) is 0 Å². The van der Waals surface area contributed by atoms with Crippen molar-refractivity contribution in [1.82, 2.24) is 0 Å². The molecule has 1 aromatic rings. The Labute approximate surface area is 79.8 Å². The molecule has 0 bridgehead atoms. The Balaban J connectivity index is 0.000000396. The van der Waals surface area contributed by atoms with E-state index < -0.39 is 0 Å². The van der Waals surface area contributed by atoms with E-state index in [4.69, 9.17) is 0 Å². The lowest BCUT2D eigenvalue weighted by Crippen LogP contribution is -2.12. The van der Waals surface area contributed by atoms with Crippen LogP contribution in [0.25, 0.3) is 0 Å². The quantitative estimate of drug-likeness (QED) is 0.594. The minimum atomic E-state index is 0.378. The first kappa shape index (κ1) is 9.97. The fourth-order valence-corrected chi connectivity index (χ4v) is 1.55. The van der Waals surface area contributed by atoms with Gasteiger partial charge in [0, 0.05) is 12.8 Å². The van der Waals surface area contributed by atoms with Gasteiger partial charge in [-0.1, -0.05) is 38.1 Å². The van der Waals surface area contributed by atoms with E-state index in [0.717, 1.165) is 12.8 Å². The molecule has 0 amide bonds. The SMILES string of the molecule is CC.O=C1CCc2ccccc2C1. The average molecular weight is 176 g/mol. The van der Waals surface area contributed by atoms with Crippen molar-refractivity contribution in [2.75, 3.05) is 0 Å². The molecule has 0 radical (unpaired) electrons. The molecular formula is C12H16O. The highest BCUT2D eigenvalue weighted by Crippen LogP contribution is 2.17. The maximum absolute atomic E-state index is 11.0. The molecular weight excluding hydrogens is 160 g/mol. The molecule has 1 aliphatic carbocycles. The zero-order valence-corrected chi connectivity index (χ0v) is 8.34. The average Bonchev–Trinajstić information content (AvgIpc) is 2.21. The Morgan fingerprint density at radius 3 is 2.31 bits per heavy atom. The molecule has 1 nitrogen and oxygen atoms in total. The molecule has 0 N–H and O–H groups in total. The van der Waals surface area contributed by atoms with E-state index in [1.54, 1.807) is 0 Å². The number of carbonyl (C=O) groups is 1. The number of benzene rings is 1. The van der Waals surface area contributed by atoms with E-state index in [1.807, 2.05) is 32.0 Å². The van der Waals surface area contributed by atoms with Gasteiger partial charge in [0.25, 0.3) is 0 Å². The molecule has 0 aliphatic heterocycles. The van der Waals surface area contributed by atoms with Crippen LogP contribution >= 0.6 is 0 Å². The first-order valence-electron chi connectivity index (χ1n) is 4.95. The standard InChI is InChI=1S/C10H10O.C2H6/c11-10-6-5-8-3-1-2-4-9(8)7-10;1-2/h1-4H,5-7H2;1-2H3. The van der Waals surface area contributed by atoms with E-state index in [2.05, 4.69) is 6.07 Å². The topological polar surface area (TPSA) is 17.1 Å². The summed E-state index contributed by atoms with van der Waals surface area (Å²) in [5, 5.41) is 0. The van der Waals surface area contributed by atoms with Gasteiger partial charge in [-0.2, -0.15) is 0 Å². The summed E-state index contributed by atoms with van der Waals surface area (Å²) >= 11 is 0. The van der Waals surface area contributed by atoms with Crippen molar-refractivity contribution in [3.8, 4) is 0 Å². The predicted molar refractivity (Wildman–Crippen MR) is 54.8 cm³/mol. The van der Waals surface area contributed by atoms with Crippen LogP contribution in [0.3, 0.4) is 0 Å². The minimum absolute atomic E-state index is 0.378. The molecule has 1 heteroatoms. The third kappa shape index (κ3) is 2.41. The number of ketones is 1. The Bertz CT molecular complexity index is 289.